The van der Waals surface area contributed by atoms with Gasteiger partial charge in [0.25, 0.3) is 0 Å². The minimum absolute atomic E-state index is 0.0230. The Morgan fingerprint density at radius 2 is 0.862 bits per heavy atom. The first-order chi connectivity index (χ1) is 31.6. The van der Waals surface area contributed by atoms with Crippen molar-refractivity contribution < 1.29 is 38.2 Å². The van der Waals surface area contributed by atoms with Crippen LogP contribution in [-0.2, 0) is 28.6 Å². The molecule has 0 radical (unpaired) electrons. The highest BCUT2D eigenvalue weighted by atomic mass is 16.6. The normalized spacial score (nSPS) is 13.4. The average Bonchev–Trinajstić information content (AvgIpc) is 3.27. The Bertz CT molecular complexity index is 1290. The van der Waals surface area contributed by atoms with Gasteiger partial charge in [0.1, 0.15) is 12.6 Å². The molecule has 0 saturated heterocycles. The molecule has 0 N–H and O–H groups in total. The van der Waals surface area contributed by atoms with Gasteiger partial charge < -0.3 is 28.6 Å². The lowest BCUT2D eigenvalue weighted by atomic mass is 10.0. The molecule has 0 aromatic carbocycles. The Morgan fingerprint density at radius 3 is 1.31 bits per heavy atom. The van der Waals surface area contributed by atoms with Crippen LogP contribution < -0.4 is 5.11 Å². The molecule has 2 atom stereocenters. The van der Waals surface area contributed by atoms with E-state index in [4.69, 9.17) is 14.2 Å². The number of ether oxygens (including phenoxy) is 3. The Labute approximate surface area is 400 Å². The molecule has 0 aliphatic carbocycles. The van der Waals surface area contributed by atoms with Gasteiger partial charge in [-0.15, -0.1) is 0 Å². The number of carboxylic acid groups (broad SMARTS) is 1. The third kappa shape index (κ3) is 45.7. The van der Waals surface area contributed by atoms with Gasteiger partial charge in [-0.25, -0.2) is 0 Å². The van der Waals surface area contributed by atoms with Crippen LogP contribution in [0.2, 0.25) is 0 Å². The van der Waals surface area contributed by atoms with Gasteiger partial charge in [0.15, 0.2) is 6.10 Å². The summed E-state index contributed by atoms with van der Waals surface area (Å²) >= 11 is 0. The second kappa shape index (κ2) is 47.3. The van der Waals surface area contributed by atoms with Crippen molar-refractivity contribution in [1.29, 1.82) is 0 Å². The van der Waals surface area contributed by atoms with E-state index in [2.05, 4.69) is 86.8 Å². The van der Waals surface area contributed by atoms with Gasteiger partial charge in [0.2, 0.25) is 0 Å². The number of aliphatic carboxylic acids is 1. The number of esters is 2. The molecule has 0 aliphatic rings. The monoisotopic (exact) mass is 910 g/mol. The first-order valence-electron chi connectivity index (χ1n) is 26.5. The van der Waals surface area contributed by atoms with Gasteiger partial charge in [-0.2, -0.15) is 0 Å². The minimum atomic E-state index is -1.13. The topological polar surface area (TPSA) is 102 Å². The Balaban J connectivity index is 4.29. The largest absolute Gasteiger partial charge is 0.544 e. The molecule has 65 heavy (non-hydrogen) atoms. The summed E-state index contributed by atoms with van der Waals surface area (Å²) < 4.78 is 17.2. The van der Waals surface area contributed by atoms with Crippen LogP contribution in [0.3, 0.4) is 0 Å². The number of carboxylic acids is 1. The van der Waals surface area contributed by atoms with E-state index in [-0.39, 0.29) is 49.1 Å². The first-order valence-corrected chi connectivity index (χ1v) is 26.5. The zero-order chi connectivity index (χ0) is 47.7. The SMILES string of the molecule is CC/C=C/C/C=C/C/C=C/C/C=C/C/C=C/CCCCCC(=O)OC(COCCC(C(=O)[O-])[N+](C)(C)C)COC(=O)CCCCCCCCC/C=C/CCCCCCCCCCCCC. The molecule has 0 saturated carbocycles. The van der Waals surface area contributed by atoms with E-state index in [0.717, 1.165) is 70.6 Å². The Hall–Kier alpha value is -3.23. The molecule has 8 heteroatoms. The molecule has 0 aliphatic heterocycles. The highest BCUT2D eigenvalue weighted by molar-refractivity contribution is 5.70. The lowest BCUT2D eigenvalue weighted by molar-refractivity contribution is -0.889. The smallest absolute Gasteiger partial charge is 0.306 e. The van der Waals surface area contributed by atoms with E-state index < -0.39 is 18.1 Å². The van der Waals surface area contributed by atoms with Crippen molar-refractivity contribution >= 4 is 17.9 Å². The molecule has 8 nitrogen and oxygen atoms in total. The molecule has 0 rings (SSSR count). The first kappa shape index (κ1) is 61.8. The molecule has 2 unspecified atom stereocenters. The lowest BCUT2D eigenvalue weighted by Crippen LogP contribution is -2.55. The van der Waals surface area contributed by atoms with Gasteiger partial charge in [-0.1, -0.05) is 189 Å². The number of carbonyl (C=O) groups is 3. The van der Waals surface area contributed by atoms with Crippen molar-refractivity contribution in [3.05, 3.63) is 72.9 Å². The molecular weight excluding hydrogens is 811 g/mol. The van der Waals surface area contributed by atoms with Crippen LogP contribution in [-0.4, -0.2) is 75.5 Å². The maximum absolute atomic E-state index is 12.8. The number of nitrogens with zero attached hydrogens (tertiary/aromatic N) is 1. The Kier molecular flexibility index (Phi) is 44.9. The van der Waals surface area contributed by atoms with Crippen molar-refractivity contribution in [2.75, 3.05) is 41.0 Å². The number of hydrogen-bond acceptors (Lipinski definition) is 7. The third-order valence-electron chi connectivity index (χ3n) is 11.6. The third-order valence-corrected chi connectivity index (χ3v) is 11.6. The van der Waals surface area contributed by atoms with E-state index in [0.29, 0.717) is 12.8 Å². The van der Waals surface area contributed by atoms with Crippen LogP contribution in [0.15, 0.2) is 72.9 Å². The van der Waals surface area contributed by atoms with Crippen molar-refractivity contribution in [3.8, 4) is 0 Å². The van der Waals surface area contributed by atoms with Crippen LogP contribution in [0.25, 0.3) is 0 Å². The number of quaternary nitrogens is 1. The fourth-order valence-electron chi connectivity index (χ4n) is 7.50. The molecule has 0 aromatic heterocycles. The van der Waals surface area contributed by atoms with Gasteiger partial charge in [-0.05, 0) is 83.5 Å². The minimum Gasteiger partial charge on any atom is -0.544 e. The van der Waals surface area contributed by atoms with Crippen LogP contribution in [0.1, 0.15) is 219 Å². The van der Waals surface area contributed by atoms with E-state index in [9.17, 15) is 19.5 Å². The highest BCUT2D eigenvalue weighted by Gasteiger charge is 2.25. The lowest BCUT2D eigenvalue weighted by Gasteiger charge is -2.34. The fourth-order valence-corrected chi connectivity index (χ4v) is 7.50. The molecular formula is C57H99NO7. The summed E-state index contributed by atoms with van der Waals surface area (Å²) in [6.45, 7) is 4.52. The van der Waals surface area contributed by atoms with Crippen LogP contribution in [0.5, 0.6) is 0 Å². The quantitative estimate of drug-likeness (QED) is 0.0259. The summed E-state index contributed by atoms with van der Waals surface area (Å²) in [5, 5.41) is 11.7. The summed E-state index contributed by atoms with van der Waals surface area (Å²) in [6.07, 6.45) is 60.8. The molecule has 0 fully saturated rings. The number of unbranched alkanes of at least 4 members (excludes halogenated alkanes) is 21. The molecule has 0 aromatic rings. The van der Waals surface area contributed by atoms with E-state index in [1.54, 1.807) is 21.1 Å². The molecule has 0 amide bonds. The van der Waals surface area contributed by atoms with Crippen molar-refractivity contribution in [3.63, 3.8) is 0 Å². The number of hydrogen-bond donors (Lipinski definition) is 0. The number of likely N-dealkylation sites (N-methyl/N-ethyl adjacent to an activating group) is 1. The molecule has 0 heterocycles. The van der Waals surface area contributed by atoms with E-state index >= 15 is 0 Å². The van der Waals surface area contributed by atoms with E-state index in [1.807, 2.05) is 0 Å². The molecule has 374 valence electrons. The zero-order valence-corrected chi connectivity index (χ0v) is 42.6. The number of allylic oxidation sites excluding steroid dienone is 12. The summed E-state index contributed by atoms with van der Waals surface area (Å²) in [5.74, 6) is -1.78. The summed E-state index contributed by atoms with van der Waals surface area (Å²) in [7, 11) is 5.40. The number of carbonyl (C=O) groups excluding carboxylic acids is 3. The van der Waals surface area contributed by atoms with Gasteiger partial charge in [0, 0.05) is 19.3 Å². The van der Waals surface area contributed by atoms with Crippen LogP contribution >= 0.6 is 0 Å². The second-order valence-corrected chi connectivity index (χ2v) is 18.7. The van der Waals surface area contributed by atoms with Gasteiger partial charge in [-0.3, -0.25) is 9.59 Å². The maximum Gasteiger partial charge on any atom is 0.306 e. The molecule has 0 bridgehead atoms. The van der Waals surface area contributed by atoms with E-state index in [1.165, 1.54) is 109 Å². The van der Waals surface area contributed by atoms with Crippen molar-refractivity contribution in [1.82, 2.24) is 0 Å². The Morgan fingerprint density at radius 1 is 0.477 bits per heavy atom. The van der Waals surface area contributed by atoms with Gasteiger partial charge >= 0.3 is 11.9 Å². The standard InChI is InChI=1S/C57H99NO7/c1-6-8-10-12-14-16-18-20-22-24-26-27-28-30-31-33-35-37-39-41-43-45-47-55(59)64-52-53(51-63-50-49-54(57(61)62)58(3,4)5)65-56(60)48-46-44-42-40-38-36-34-32-29-25-23-21-19-17-15-13-11-9-7-2/h9,11,15,17,21,23,28-30,32,36,38,53-54H,6-8,10,12-14,16,18-20,22,24-27,31,33-35,37,39-52H2,1-5H3/b11-9+,17-15+,23-21+,30-28+,32-29+,38-36+. The van der Waals surface area contributed by atoms with Crippen LogP contribution in [0, 0.1) is 0 Å². The second-order valence-electron chi connectivity index (χ2n) is 18.7. The fraction of sp³-hybridized carbons (Fsp3) is 0.737. The van der Waals surface area contributed by atoms with Crippen molar-refractivity contribution in [2.24, 2.45) is 0 Å². The zero-order valence-electron chi connectivity index (χ0n) is 42.6. The van der Waals surface area contributed by atoms with Crippen LogP contribution in [0.4, 0.5) is 0 Å². The van der Waals surface area contributed by atoms with Crippen molar-refractivity contribution in [2.45, 2.75) is 231 Å². The predicted molar refractivity (Wildman–Crippen MR) is 272 cm³/mol. The average molecular weight is 910 g/mol. The highest BCUT2D eigenvalue weighted by Crippen LogP contribution is 2.15. The van der Waals surface area contributed by atoms with Gasteiger partial charge in [0.05, 0.1) is 40.3 Å². The molecule has 0 spiro atoms. The summed E-state index contributed by atoms with van der Waals surface area (Å²) in [4.78, 5) is 37.1. The predicted octanol–water partition coefficient (Wildman–Crippen LogP) is 14.1. The summed E-state index contributed by atoms with van der Waals surface area (Å²) in [6, 6.07) is -0.737. The maximum atomic E-state index is 12.8. The summed E-state index contributed by atoms with van der Waals surface area (Å²) in [5.41, 5.74) is 0. The number of rotatable bonds is 47.